The third-order valence-electron chi connectivity index (χ3n) is 2.97. The first-order chi connectivity index (χ1) is 9.46. The summed E-state index contributed by atoms with van der Waals surface area (Å²) >= 11 is 0. The van der Waals surface area contributed by atoms with Crippen LogP contribution in [-0.2, 0) is 13.1 Å². The molecule has 0 amide bonds. The summed E-state index contributed by atoms with van der Waals surface area (Å²) in [7, 11) is 1.68. The van der Waals surface area contributed by atoms with Gasteiger partial charge in [-0.3, -0.25) is 4.68 Å². The van der Waals surface area contributed by atoms with Crippen molar-refractivity contribution >= 4 is 0 Å². The second kappa shape index (κ2) is 6.09. The van der Waals surface area contributed by atoms with Crippen LogP contribution in [0.25, 0.3) is 0 Å². The van der Waals surface area contributed by atoms with Gasteiger partial charge in [0.05, 0.1) is 19.3 Å². The van der Waals surface area contributed by atoms with Crippen LogP contribution in [0.5, 0.6) is 5.75 Å². The van der Waals surface area contributed by atoms with E-state index in [0.717, 1.165) is 24.5 Å². The summed E-state index contributed by atoms with van der Waals surface area (Å²) in [6.45, 7) is 8.00. The Morgan fingerprint density at radius 2 is 2.05 bits per heavy atom. The highest BCUT2D eigenvalue weighted by molar-refractivity contribution is 5.28. The number of aromatic nitrogens is 2. The van der Waals surface area contributed by atoms with Crippen LogP contribution < -0.4 is 10.1 Å². The smallest absolute Gasteiger partial charge is 0.119 e. The van der Waals surface area contributed by atoms with Crippen LogP contribution in [0.4, 0.5) is 0 Å². The van der Waals surface area contributed by atoms with Crippen LogP contribution >= 0.6 is 0 Å². The van der Waals surface area contributed by atoms with E-state index in [1.807, 2.05) is 29.1 Å². The van der Waals surface area contributed by atoms with Gasteiger partial charge in [0.2, 0.25) is 0 Å². The molecule has 2 aromatic rings. The lowest BCUT2D eigenvalue weighted by Crippen LogP contribution is -2.35. The molecule has 1 heterocycles. The monoisotopic (exact) mass is 273 g/mol. The largest absolute Gasteiger partial charge is 0.497 e. The van der Waals surface area contributed by atoms with Crippen molar-refractivity contribution in [1.82, 2.24) is 15.1 Å². The lowest BCUT2D eigenvalue weighted by Gasteiger charge is -2.19. The molecule has 108 valence electrons. The van der Waals surface area contributed by atoms with Gasteiger partial charge in [-0.05, 0) is 44.5 Å². The molecule has 0 saturated heterocycles. The number of hydrogen-bond donors (Lipinski definition) is 1. The Balaban J connectivity index is 1.98. The summed E-state index contributed by atoms with van der Waals surface area (Å²) in [6, 6.07) is 10.1. The molecule has 2 rings (SSSR count). The molecule has 0 unspecified atom stereocenters. The number of ether oxygens (including phenoxy) is 1. The topological polar surface area (TPSA) is 39.1 Å². The third-order valence-corrected chi connectivity index (χ3v) is 2.97. The third kappa shape index (κ3) is 4.38. The van der Waals surface area contributed by atoms with E-state index in [1.54, 1.807) is 7.11 Å². The molecule has 1 aromatic carbocycles. The van der Waals surface area contributed by atoms with Gasteiger partial charge in [-0.1, -0.05) is 12.1 Å². The number of methoxy groups -OCH3 is 1. The highest BCUT2D eigenvalue weighted by Gasteiger charge is 2.09. The summed E-state index contributed by atoms with van der Waals surface area (Å²) in [6.07, 6.45) is 2.01. The van der Waals surface area contributed by atoms with Gasteiger partial charge in [0.25, 0.3) is 0 Å². The van der Waals surface area contributed by atoms with Crippen molar-refractivity contribution in [2.75, 3.05) is 7.11 Å². The minimum atomic E-state index is 0.108. The zero-order valence-electron chi connectivity index (χ0n) is 12.7. The first-order valence-corrected chi connectivity index (χ1v) is 6.86. The molecule has 0 aliphatic carbocycles. The average Bonchev–Trinajstić information content (AvgIpc) is 2.83. The Morgan fingerprint density at radius 3 is 2.75 bits per heavy atom. The molecular weight excluding hydrogens is 250 g/mol. The van der Waals surface area contributed by atoms with Gasteiger partial charge in [-0.25, -0.2) is 0 Å². The summed E-state index contributed by atoms with van der Waals surface area (Å²) in [5.41, 5.74) is 2.35. The van der Waals surface area contributed by atoms with E-state index in [0.29, 0.717) is 0 Å². The molecule has 4 nitrogen and oxygen atoms in total. The van der Waals surface area contributed by atoms with E-state index < -0.39 is 0 Å². The Labute approximate surface area is 120 Å². The van der Waals surface area contributed by atoms with E-state index in [1.165, 1.54) is 5.56 Å². The van der Waals surface area contributed by atoms with Crippen LogP contribution in [0, 0.1) is 0 Å². The van der Waals surface area contributed by atoms with Gasteiger partial charge >= 0.3 is 0 Å². The molecule has 1 N–H and O–H groups in total. The molecule has 0 atom stereocenters. The normalized spacial score (nSPS) is 11.6. The van der Waals surface area contributed by atoms with Gasteiger partial charge in [-0.2, -0.15) is 5.10 Å². The van der Waals surface area contributed by atoms with Crippen LogP contribution in [-0.4, -0.2) is 22.4 Å². The Kier molecular flexibility index (Phi) is 4.45. The maximum absolute atomic E-state index is 5.23. The maximum Gasteiger partial charge on any atom is 0.119 e. The van der Waals surface area contributed by atoms with Crippen molar-refractivity contribution in [1.29, 1.82) is 0 Å². The summed E-state index contributed by atoms with van der Waals surface area (Å²) in [5, 5.41) is 8.02. The van der Waals surface area contributed by atoms with Crippen LogP contribution in [0.3, 0.4) is 0 Å². The summed E-state index contributed by atoms with van der Waals surface area (Å²) < 4.78 is 7.19. The molecular formula is C16H23N3O. The van der Waals surface area contributed by atoms with E-state index in [4.69, 9.17) is 4.74 Å². The minimum absolute atomic E-state index is 0.108. The highest BCUT2D eigenvalue weighted by atomic mass is 16.5. The van der Waals surface area contributed by atoms with Gasteiger partial charge in [-0.15, -0.1) is 0 Å². The summed E-state index contributed by atoms with van der Waals surface area (Å²) in [4.78, 5) is 0. The zero-order chi connectivity index (χ0) is 14.6. The molecule has 0 aliphatic heterocycles. The van der Waals surface area contributed by atoms with Crippen molar-refractivity contribution < 1.29 is 4.74 Å². The maximum atomic E-state index is 5.23. The fraction of sp³-hybridized carbons (Fsp3) is 0.438. The first kappa shape index (κ1) is 14.6. The number of rotatable bonds is 5. The number of benzene rings is 1. The van der Waals surface area contributed by atoms with E-state index in [9.17, 15) is 0 Å². The standard InChI is InChI=1S/C16H23N3O/c1-16(2,3)17-11-14-8-9-19(18-14)12-13-6-5-7-15(10-13)20-4/h5-10,17H,11-12H2,1-4H3. The van der Waals surface area contributed by atoms with Crippen molar-refractivity contribution in [3.8, 4) is 5.75 Å². The second-order valence-electron chi connectivity index (χ2n) is 5.96. The molecule has 0 aliphatic rings. The number of nitrogens with zero attached hydrogens (tertiary/aromatic N) is 2. The van der Waals surface area contributed by atoms with E-state index in [2.05, 4.69) is 43.3 Å². The fourth-order valence-electron chi connectivity index (χ4n) is 1.90. The van der Waals surface area contributed by atoms with E-state index in [-0.39, 0.29) is 5.54 Å². The zero-order valence-corrected chi connectivity index (χ0v) is 12.7. The van der Waals surface area contributed by atoms with Crippen molar-refractivity contribution in [2.45, 2.75) is 39.4 Å². The molecule has 0 saturated carbocycles. The van der Waals surface area contributed by atoms with Crippen molar-refractivity contribution in [3.05, 3.63) is 47.8 Å². The number of hydrogen-bond acceptors (Lipinski definition) is 3. The molecule has 0 fully saturated rings. The quantitative estimate of drug-likeness (QED) is 0.910. The van der Waals surface area contributed by atoms with Crippen LogP contribution in [0.1, 0.15) is 32.0 Å². The average molecular weight is 273 g/mol. The number of nitrogens with one attached hydrogen (secondary N) is 1. The summed E-state index contributed by atoms with van der Waals surface area (Å²) in [5.74, 6) is 0.879. The van der Waals surface area contributed by atoms with Gasteiger partial charge in [0, 0.05) is 18.3 Å². The lowest BCUT2D eigenvalue weighted by atomic mass is 10.1. The molecule has 0 bridgehead atoms. The minimum Gasteiger partial charge on any atom is -0.497 e. The Hall–Kier alpha value is -1.81. The molecule has 4 heteroatoms. The Morgan fingerprint density at radius 1 is 1.25 bits per heavy atom. The van der Waals surface area contributed by atoms with Crippen LogP contribution in [0.15, 0.2) is 36.5 Å². The van der Waals surface area contributed by atoms with Gasteiger partial charge in [0.1, 0.15) is 5.75 Å². The van der Waals surface area contributed by atoms with Gasteiger partial charge < -0.3 is 10.1 Å². The second-order valence-corrected chi connectivity index (χ2v) is 5.96. The molecule has 1 aromatic heterocycles. The van der Waals surface area contributed by atoms with Crippen molar-refractivity contribution in [3.63, 3.8) is 0 Å². The van der Waals surface area contributed by atoms with E-state index >= 15 is 0 Å². The fourth-order valence-corrected chi connectivity index (χ4v) is 1.90. The first-order valence-electron chi connectivity index (χ1n) is 6.86. The predicted molar refractivity (Wildman–Crippen MR) is 80.9 cm³/mol. The highest BCUT2D eigenvalue weighted by Crippen LogP contribution is 2.13. The molecule has 0 spiro atoms. The molecule has 0 radical (unpaired) electrons. The predicted octanol–water partition coefficient (Wildman–Crippen LogP) is 2.83. The SMILES string of the molecule is COc1cccc(Cn2ccc(CNC(C)(C)C)n2)c1. The molecule has 20 heavy (non-hydrogen) atoms. The van der Waals surface area contributed by atoms with Gasteiger partial charge in [0.15, 0.2) is 0 Å². The lowest BCUT2D eigenvalue weighted by molar-refractivity contribution is 0.413. The Bertz CT molecular complexity index is 555. The van der Waals surface area contributed by atoms with Crippen LogP contribution in [0.2, 0.25) is 0 Å². The van der Waals surface area contributed by atoms with Crippen molar-refractivity contribution in [2.24, 2.45) is 0 Å².